The van der Waals surface area contributed by atoms with Crippen LogP contribution >= 0.6 is 0 Å². The first-order chi connectivity index (χ1) is 18.9. The van der Waals surface area contributed by atoms with Crippen molar-refractivity contribution in [3.05, 3.63) is 77.4 Å². The lowest BCUT2D eigenvalue weighted by molar-refractivity contribution is -0.185. The highest BCUT2D eigenvalue weighted by molar-refractivity contribution is 5.94. The van der Waals surface area contributed by atoms with Gasteiger partial charge in [-0.2, -0.15) is 13.2 Å². The number of hydrogen-bond acceptors (Lipinski definition) is 6. The Kier molecular flexibility index (Phi) is 7.86. The van der Waals surface area contributed by atoms with E-state index in [9.17, 15) is 18.0 Å². The van der Waals surface area contributed by atoms with E-state index in [-0.39, 0.29) is 10.9 Å². The van der Waals surface area contributed by atoms with Gasteiger partial charge in [-0.3, -0.25) is 9.78 Å². The van der Waals surface area contributed by atoms with Crippen molar-refractivity contribution in [2.75, 3.05) is 21.3 Å². The van der Waals surface area contributed by atoms with Crippen LogP contribution in [-0.4, -0.2) is 38.4 Å². The van der Waals surface area contributed by atoms with Crippen molar-refractivity contribution in [2.45, 2.75) is 31.9 Å². The van der Waals surface area contributed by atoms with Crippen molar-refractivity contribution < 1.29 is 41.0 Å². The zero-order valence-electron chi connectivity index (χ0n) is 22.4. The fraction of sp³-hybridized carbons (Fsp3) is 0.276. The quantitative estimate of drug-likeness (QED) is 0.252. The Morgan fingerprint density at radius 3 is 2.30 bits per heavy atom. The number of amides is 1. The molecule has 2 aromatic heterocycles. The molecule has 2 aromatic carbocycles. The van der Waals surface area contributed by atoms with Crippen LogP contribution in [0.4, 0.5) is 17.6 Å². The molecule has 0 unspecified atom stereocenters. The van der Waals surface area contributed by atoms with Gasteiger partial charge < -0.3 is 18.6 Å². The van der Waals surface area contributed by atoms with Crippen LogP contribution in [0.15, 0.2) is 64.3 Å². The van der Waals surface area contributed by atoms with E-state index >= 15 is 4.39 Å². The molecule has 0 aliphatic rings. The molecular weight excluding hydrogens is 532 g/mol. The molecule has 11 heteroatoms. The second-order valence-electron chi connectivity index (χ2n) is 9.39. The second kappa shape index (κ2) is 11.0. The van der Waals surface area contributed by atoms with Gasteiger partial charge in [-0.25, -0.2) is 9.38 Å². The lowest BCUT2D eigenvalue weighted by Crippen LogP contribution is -2.37. The highest BCUT2D eigenvalue weighted by atomic mass is 19.4. The summed E-state index contributed by atoms with van der Waals surface area (Å²) in [6.07, 6.45) is -2.41. The van der Waals surface area contributed by atoms with Crippen LogP contribution in [0.2, 0.25) is 0 Å². The summed E-state index contributed by atoms with van der Waals surface area (Å²) in [6.45, 7) is 1.92. The molecule has 4 rings (SSSR count). The van der Waals surface area contributed by atoms with Crippen LogP contribution in [0.1, 0.15) is 25.2 Å². The molecule has 0 aliphatic heterocycles. The van der Waals surface area contributed by atoms with Gasteiger partial charge in [0.15, 0.2) is 11.5 Å². The summed E-state index contributed by atoms with van der Waals surface area (Å²) in [5, 5.41) is 0.596. The second-order valence-corrected chi connectivity index (χ2v) is 9.39. The normalized spacial score (nSPS) is 12.5. The molecule has 0 N–H and O–H groups in total. The number of fused-ring (bicyclic) bond motifs is 1. The van der Waals surface area contributed by atoms with E-state index in [4.69, 9.17) is 18.6 Å². The molecule has 40 heavy (non-hydrogen) atoms. The van der Waals surface area contributed by atoms with E-state index in [0.717, 1.165) is 26.2 Å². The Bertz CT molecular complexity index is 1640. The summed E-state index contributed by atoms with van der Waals surface area (Å²) in [4.78, 5) is 20.9. The number of halogens is 4. The monoisotopic (exact) mass is 558 g/mol. The largest absolute Gasteiger partial charge is 0.495 e. The minimum Gasteiger partial charge on any atom is -0.495 e. The number of carbonyl (C=O) groups is 1. The number of alkyl halides is 3. The Morgan fingerprint density at radius 1 is 0.975 bits per heavy atom. The minimum atomic E-state index is -4.58. The number of hydrogen-bond donors (Lipinski definition) is 0. The summed E-state index contributed by atoms with van der Waals surface area (Å²) in [7, 11) is 4.50. The van der Waals surface area contributed by atoms with Crippen LogP contribution in [0.25, 0.3) is 22.0 Å². The Balaban J connectivity index is 1.63. The van der Waals surface area contributed by atoms with Crippen LogP contribution < -0.4 is 19.6 Å². The van der Waals surface area contributed by atoms with Crippen molar-refractivity contribution >= 4 is 16.8 Å². The van der Waals surface area contributed by atoms with Gasteiger partial charge in [-0.1, -0.05) is 12.1 Å². The summed E-state index contributed by atoms with van der Waals surface area (Å²) >= 11 is 0. The first kappa shape index (κ1) is 28.6. The topological polar surface area (TPSA) is 83.2 Å². The van der Waals surface area contributed by atoms with Gasteiger partial charge in [0, 0.05) is 29.3 Å². The molecule has 0 spiro atoms. The maximum Gasteiger partial charge on any atom is 0.400 e. The van der Waals surface area contributed by atoms with Gasteiger partial charge >= 0.3 is 6.18 Å². The van der Waals surface area contributed by atoms with E-state index in [1.807, 2.05) is 0 Å². The van der Waals surface area contributed by atoms with Crippen molar-refractivity contribution in [1.82, 2.24) is 4.98 Å². The van der Waals surface area contributed by atoms with Crippen LogP contribution in [-0.2, 0) is 16.6 Å². The van der Waals surface area contributed by atoms with Crippen LogP contribution in [0, 0.1) is 5.82 Å². The SMILES string of the molecule is COc1cc2ncc(-c3ccc(CC(=O)N=c4ccoc(C(C)(C)C(F)(F)F)c4)c(F)c3)c(OC)c2cc1OC. The molecule has 0 radical (unpaired) electrons. The fourth-order valence-electron chi connectivity index (χ4n) is 4.06. The molecule has 210 valence electrons. The highest BCUT2D eigenvalue weighted by Gasteiger charge is 2.50. The number of pyridine rings is 1. The average molecular weight is 559 g/mol. The minimum absolute atomic E-state index is 0.0281. The number of methoxy groups -OCH3 is 3. The highest BCUT2D eigenvalue weighted by Crippen LogP contribution is 2.41. The van der Waals surface area contributed by atoms with Crippen LogP contribution in [0.5, 0.6) is 17.2 Å². The standard InChI is InChI=1S/C29H26F4N2O5/c1-28(2,29(31,32)33)25-12-18(8-9-40-25)35-26(36)11-17-7-6-16(10-21(17)30)20-15-34-22-14-24(38-4)23(37-3)13-19(22)27(20)39-5/h6-10,12-15H,11H2,1-5H3. The van der Waals surface area contributed by atoms with Gasteiger partial charge in [-0.05, 0) is 43.2 Å². The predicted molar refractivity (Wildman–Crippen MR) is 139 cm³/mol. The zero-order valence-corrected chi connectivity index (χ0v) is 22.4. The molecule has 0 fully saturated rings. The van der Waals surface area contributed by atoms with Gasteiger partial charge in [0.2, 0.25) is 0 Å². The van der Waals surface area contributed by atoms with Crippen molar-refractivity contribution in [1.29, 1.82) is 0 Å². The average Bonchev–Trinajstić information content (AvgIpc) is 2.92. The summed E-state index contributed by atoms with van der Waals surface area (Å²) in [5.74, 6) is -0.405. The third-order valence-corrected chi connectivity index (χ3v) is 6.53. The van der Waals surface area contributed by atoms with Gasteiger partial charge in [0.05, 0.1) is 44.9 Å². The van der Waals surface area contributed by atoms with Crippen molar-refractivity contribution in [3.63, 3.8) is 0 Å². The molecule has 0 aliphatic carbocycles. The predicted octanol–water partition coefficient (Wildman–Crippen LogP) is 6.17. The van der Waals surface area contributed by atoms with Gasteiger partial charge in [0.25, 0.3) is 5.91 Å². The summed E-state index contributed by atoms with van der Waals surface area (Å²) in [6, 6.07) is 10.0. The molecule has 1 amide bonds. The number of ether oxygens (including phenoxy) is 3. The first-order valence-corrected chi connectivity index (χ1v) is 12.0. The van der Waals surface area contributed by atoms with Gasteiger partial charge in [0.1, 0.15) is 22.7 Å². The van der Waals surface area contributed by atoms with Crippen molar-refractivity contribution in [3.8, 4) is 28.4 Å². The van der Waals surface area contributed by atoms with E-state index in [0.29, 0.717) is 39.3 Å². The number of rotatable bonds is 7. The number of carbonyl (C=O) groups excluding carboxylic acids is 1. The zero-order chi connectivity index (χ0) is 29.2. The fourth-order valence-corrected chi connectivity index (χ4v) is 4.06. The Morgan fingerprint density at radius 2 is 1.68 bits per heavy atom. The number of nitrogens with zero attached hydrogens (tertiary/aromatic N) is 2. The Hall–Kier alpha value is -4.41. The molecule has 0 atom stereocenters. The van der Waals surface area contributed by atoms with E-state index in [1.54, 1.807) is 24.4 Å². The third-order valence-electron chi connectivity index (χ3n) is 6.53. The van der Waals surface area contributed by atoms with Crippen LogP contribution in [0.3, 0.4) is 0 Å². The molecule has 2 heterocycles. The van der Waals surface area contributed by atoms with E-state index in [2.05, 4.69) is 9.98 Å². The maximum absolute atomic E-state index is 15.1. The summed E-state index contributed by atoms with van der Waals surface area (Å²) < 4.78 is 76.6. The van der Waals surface area contributed by atoms with Gasteiger partial charge in [-0.15, -0.1) is 0 Å². The third kappa shape index (κ3) is 5.49. The molecule has 0 bridgehead atoms. The maximum atomic E-state index is 15.1. The first-order valence-electron chi connectivity index (χ1n) is 12.0. The van der Waals surface area contributed by atoms with E-state index in [1.165, 1.54) is 39.5 Å². The lowest BCUT2D eigenvalue weighted by Gasteiger charge is -2.26. The molecule has 0 saturated heterocycles. The molecule has 4 aromatic rings. The summed E-state index contributed by atoms with van der Waals surface area (Å²) in [5.41, 5.74) is -0.683. The molecule has 7 nitrogen and oxygen atoms in total. The Labute approximate surface area is 227 Å². The van der Waals surface area contributed by atoms with E-state index < -0.39 is 35.5 Å². The molecule has 0 saturated carbocycles. The van der Waals surface area contributed by atoms with Crippen molar-refractivity contribution in [2.24, 2.45) is 4.99 Å². The number of benzene rings is 2. The lowest BCUT2D eigenvalue weighted by atomic mass is 9.89. The smallest absolute Gasteiger partial charge is 0.400 e. The number of aromatic nitrogens is 1. The molecular formula is C29H26F4N2O5.